The third-order valence-corrected chi connectivity index (χ3v) is 1.82. The minimum atomic E-state index is -0.708. The Kier molecular flexibility index (Phi) is 3.76. The van der Waals surface area contributed by atoms with Crippen molar-refractivity contribution in [2.45, 2.75) is 12.8 Å². The van der Waals surface area contributed by atoms with Crippen LogP contribution in [-0.4, -0.2) is 18.7 Å². The van der Waals surface area contributed by atoms with E-state index < -0.39 is 17.6 Å². The second kappa shape index (κ2) is 4.85. The van der Waals surface area contributed by atoms with Gasteiger partial charge in [-0.1, -0.05) is 0 Å². The molecule has 0 saturated carbocycles. The predicted octanol–water partition coefficient (Wildman–Crippen LogP) is 1.52. The van der Waals surface area contributed by atoms with Gasteiger partial charge in [0.05, 0.1) is 0 Å². The van der Waals surface area contributed by atoms with E-state index in [0.29, 0.717) is 19.4 Å². The van der Waals surface area contributed by atoms with Crippen molar-refractivity contribution in [2.24, 2.45) is 0 Å². The van der Waals surface area contributed by atoms with Gasteiger partial charge in [-0.2, -0.15) is 9.37 Å². The molecule has 0 unspecified atom stereocenters. The molecule has 0 aliphatic heterocycles. The maximum Gasteiger partial charge on any atom is 0.218 e. The van der Waals surface area contributed by atoms with Crippen LogP contribution in [0.3, 0.4) is 0 Å². The number of pyridine rings is 1. The Morgan fingerprint density at radius 3 is 2.86 bits per heavy atom. The number of anilines is 1. The molecule has 1 aromatic heterocycles. The summed E-state index contributed by atoms with van der Waals surface area (Å²) in [5.74, 6) is -1.79. The van der Waals surface area contributed by atoms with E-state index in [1.54, 1.807) is 7.11 Å². The van der Waals surface area contributed by atoms with Crippen LogP contribution in [0, 0.1) is 11.8 Å². The first kappa shape index (κ1) is 10.8. The quantitative estimate of drug-likeness (QED) is 0.594. The smallest absolute Gasteiger partial charge is 0.218 e. The number of aromatic nitrogens is 1. The number of aryl methyl sites for hydroxylation is 1. The maximum absolute atomic E-state index is 13.1. The third kappa shape index (κ3) is 2.63. The fourth-order valence-electron chi connectivity index (χ4n) is 1.10. The lowest BCUT2D eigenvalue weighted by Crippen LogP contribution is -2.03. The monoisotopic (exact) mass is 202 g/mol. The van der Waals surface area contributed by atoms with E-state index in [0.717, 1.165) is 6.07 Å². The Labute approximate surface area is 80.9 Å². The molecule has 5 heteroatoms. The zero-order valence-electron chi connectivity index (χ0n) is 7.89. The van der Waals surface area contributed by atoms with E-state index in [4.69, 9.17) is 10.5 Å². The zero-order valence-corrected chi connectivity index (χ0v) is 7.89. The van der Waals surface area contributed by atoms with Crippen LogP contribution >= 0.6 is 0 Å². The molecule has 1 aromatic rings. The molecule has 78 valence electrons. The number of nitrogen functional groups attached to an aromatic ring is 1. The van der Waals surface area contributed by atoms with Crippen molar-refractivity contribution < 1.29 is 13.5 Å². The fourth-order valence-corrected chi connectivity index (χ4v) is 1.10. The standard InChI is InChI=1S/C9H12F2N2O/c1-14-4-2-3-6-5-7(10)9(12)13-8(6)11/h5H,2-4H2,1H3,(H2,12,13). The van der Waals surface area contributed by atoms with Crippen molar-refractivity contribution >= 4 is 5.82 Å². The Morgan fingerprint density at radius 2 is 2.21 bits per heavy atom. The number of ether oxygens (including phenoxy) is 1. The molecule has 0 radical (unpaired) electrons. The maximum atomic E-state index is 13.1. The summed E-state index contributed by atoms with van der Waals surface area (Å²) in [6.45, 7) is 0.505. The Hall–Kier alpha value is -1.23. The molecule has 1 heterocycles. The van der Waals surface area contributed by atoms with Gasteiger partial charge in [0, 0.05) is 19.3 Å². The third-order valence-electron chi connectivity index (χ3n) is 1.82. The summed E-state index contributed by atoms with van der Waals surface area (Å²) < 4.78 is 30.7. The van der Waals surface area contributed by atoms with E-state index in [1.807, 2.05) is 0 Å². The average molecular weight is 202 g/mol. The van der Waals surface area contributed by atoms with Crippen LogP contribution in [0.1, 0.15) is 12.0 Å². The molecule has 0 fully saturated rings. The largest absolute Gasteiger partial charge is 0.385 e. The lowest BCUT2D eigenvalue weighted by atomic mass is 10.1. The molecule has 1 rings (SSSR count). The van der Waals surface area contributed by atoms with Gasteiger partial charge in [-0.05, 0) is 18.9 Å². The van der Waals surface area contributed by atoms with Crippen LogP contribution in [0.15, 0.2) is 6.07 Å². The van der Waals surface area contributed by atoms with E-state index in [1.165, 1.54) is 0 Å². The van der Waals surface area contributed by atoms with Gasteiger partial charge >= 0.3 is 0 Å². The summed E-state index contributed by atoms with van der Waals surface area (Å²) in [4.78, 5) is 3.25. The first-order chi connectivity index (χ1) is 6.65. The van der Waals surface area contributed by atoms with Gasteiger partial charge in [-0.15, -0.1) is 0 Å². The normalized spacial score (nSPS) is 10.5. The van der Waals surface area contributed by atoms with Crippen LogP contribution in [0.25, 0.3) is 0 Å². The van der Waals surface area contributed by atoms with Crippen molar-refractivity contribution in [2.75, 3.05) is 19.5 Å². The highest BCUT2D eigenvalue weighted by Crippen LogP contribution is 2.14. The molecule has 0 bridgehead atoms. The van der Waals surface area contributed by atoms with Crippen molar-refractivity contribution in [3.05, 3.63) is 23.4 Å². The first-order valence-corrected chi connectivity index (χ1v) is 4.24. The molecular weight excluding hydrogens is 190 g/mol. The molecule has 0 saturated heterocycles. The molecule has 0 aliphatic carbocycles. The summed E-state index contributed by atoms with van der Waals surface area (Å²) in [7, 11) is 1.55. The number of halogens is 2. The van der Waals surface area contributed by atoms with Gasteiger partial charge in [0.25, 0.3) is 0 Å². The van der Waals surface area contributed by atoms with E-state index in [2.05, 4.69) is 4.98 Å². The van der Waals surface area contributed by atoms with Crippen LogP contribution in [-0.2, 0) is 11.2 Å². The minimum absolute atomic E-state index is 0.230. The van der Waals surface area contributed by atoms with Crippen LogP contribution in [0.4, 0.5) is 14.6 Å². The summed E-state index contributed by atoms with van der Waals surface area (Å²) in [6, 6.07) is 1.08. The highest BCUT2D eigenvalue weighted by molar-refractivity contribution is 5.32. The lowest BCUT2D eigenvalue weighted by Gasteiger charge is -2.03. The molecule has 0 spiro atoms. The summed E-state index contributed by atoms with van der Waals surface area (Å²) >= 11 is 0. The number of methoxy groups -OCH3 is 1. The summed E-state index contributed by atoms with van der Waals surface area (Å²) in [6.07, 6.45) is 1.02. The fraction of sp³-hybridized carbons (Fsp3) is 0.444. The Morgan fingerprint density at radius 1 is 1.50 bits per heavy atom. The number of rotatable bonds is 4. The van der Waals surface area contributed by atoms with Gasteiger partial charge in [0.2, 0.25) is 5.95 Å². The van der Waals surface area contributed by atoms with Crippen LogP contribution in [0.2, 0.25) is 0 Å². The van der Waals surface area contributed by atoms with Crippen LogP contribution < -0.4 is 5.73 Å². The lowest BCUT2D eigenvalue weighted by molar-refractivity contribution is 0.195. The zero-order chi connectivity index (χ0) is 10.6. The molecule has 14 heavy (non-hydrogen) atoms. The van der Waals surface area contributed by atoms with Gasteiger partial charge in [0.15, 0.2) is 11.6 Å². The Bertz CT molecular complexity index is 318. The first-order valence-electron chi connectivity index (χ1n) is 4.24. The van der Waals surface area contributed by atoms with Gasteiger partial charge in [0.1, 0.15) is 0 Å². The van der Waals surface area contributed by atoms with E-state index >= 15 is 0 Å². The molecule has 3 nitrogen and oxygen atoms in total. The SMILES string of the molecule is COCCCc1cc(F)c(N)nc1F. The number of hydrogen-bond acceptors (Lipinski definition) is 3. The second-order valence-corrected chi connectivity index (χ2v) is 2.90. The number of nitrogens with zero attached hydrogens (tertiary/aromatic N) is 1. The Balaban J connectivity index is 2.72. The van der Waals surface area contributed by atoms with E-state index in [9.17, 15) is 8.78 Å². The minimum Gasteiger partial charge on any atom is -0.385 e. The highest BCUT2D eigenvalue weighted by Gasteiger charge is 2.08. The van der Waals surface area contributed by atoms with Crippen LogP contribution in [0.5, 0.6) is 0 Å². The number of hydrogen-bond donors (Lipinski definition) is 1. The molecule has 0 aromatic carbocycles. The molecular formula is C9H12F2N2O. The van der Waals surface area contributed by atoms with Crippen molar-refractivity contribution in [3.63, 3.8) is 0 Å². The highest BCUT2D eigenvalue weighted by atomic mass is 19.1. The van der Waals surface area contributed by atoms with Gasteiger partial charge in [-0.25, -0.2) is 4.39 Å². The molecule has 0 aliphatic rings. The van der Waals surface area contributed by atoms with Crippen molar-refractivity contribution in [3.8, 4) is 0 Å². The van der Waals surface area contributed by atoms with Gasteiger partial charge in [-0.3, -0.25) is 0 Å². The second-order valence-electron chi connectivity index (χ2n) is 2.90. The molecule has 0 atom stereocenters. The van der Waals surface area contributed by atoms with Gasteiger partial charge < -0.3 is 10.5 Å². The van der Waals surface area contributed by atoms with Crippen molar-refractivity contribution in [1.82, 2.24) is 4.98 Å². The van der Waals surface area contributed by atoms with E-state index in [-0.39, 0.29) is 5.56 Å². The molecule has 2 N–H and O–H groups in total. The predicted molar refractivity (Wildman–Crippen MR) is 48.8 cm³/mol. The average Bonchev–Trinajstić information content (AvgIpc) is 2.14. The topological polar surface area (TPSA) is 48.1 Å². The molecule has 0 amide bonds. The van der Waals surface area contributed by atoms with Crippen molar-refractivity contribution in [1.29, 1.82) is 0 Å². The summed E-state index contributed by atoms with van der Waals surface area (Å²) in [5.41, 5.74) is 5.32. The number of nitrogens with two attached hydrogens (primary N) is 1. The summed E-state index contributed by atoms with van der Waals surface area (Å²) in [5, 5.41) is 0.